The summed E-state index contributed by atoms with van der Waals surface area (Å²) in [7, 11) is 0. The van der Waals surface area contributed by atoms with Crippen molar-refractivity contribution in [2.75, 3.05) is 83.6 Å². The molecule has 5 atom stereocenters. The van der Waals surface area contributed by atoms with Crippen molar-refractivity contribution >= 4 is 64.2 Å². The molecule has 7 N–H and O–H groups in total. The summed E-state index contributed by atoms with van der Waals surface area (Å²) in [5, 5.41) is 20.4. The van der Waals surface area contributed by atoms with Crippen LogP contribution in [0.5, 0.6) is 0 Å². The smallest absolute Gasteiger partial charge is 0.265 e. The number of benzene rings is 2. The first-order valence-electron chi connectivity index (χ1n) is 24.3. The third-order valence-corrected chi connectivity index (χ3v) is 14.5. The molecule has 3 saturated heterocycles. The number of likely N-dealkylation sites (tertiary alicyclic amines) is 1. The number of nitrogens with zero attached hydrogens (tertiary/aromatic N) is 1. The summed E-state index contributed by atoms with van der Waals surface area (Å²) in [6.07, 6.45) is 11.2. The Hall–Kier alpha value is -5.40. The van der Waals surface area contributed by atoms with E-state index in [1.165, 1.54) is 6.08 Å². The molecule has 374 valence electrons. The number of fused-ring (bicyclic) bond motifs is 1. The predicted octanol–water partition coefficient (Wildman–Crippen LogP) is 4.97. The lowest BCUT2D eigenvalue weighted by atomic mass is 9.89. The van der Waals surface area contributed by atoms with Crippen molar-refractivity contribution in [1.82, 2.24) is 20.9 Å². The normalized spacial score (nSPS) is 21.1. The van der Waals surface area contributed by atoms with E-state index in [1.807, 2.05) is 30.0 Å². The number of thioether (sulfide) groups is 1. The standard InChI is InChI=1S/C51H69N7O10S/c1-2-43(59)35-8-5-7-34(12-13-35)37-16-19-40(49(53)62)41(31-37)55-38-17-14-36(15-18-38)51(64)58-22-6-9-39(32-58)56-46(61)20-23-65-25-27-67-29-30-68-28-26-66-24-21-54-45(60)11-4-3-10-44-47-42(33-69-44)57-50(63)48(47)52/h2,8,14-19,31,34,39,42,44,47,52,55H,1,3-7,9-13,20-30,32-33H2,(H2,53,62)(H,54,60)(H,56,61)(H,57,63). The SMILES string of the molecule is C=CC(=O)C1=CCCC(c2ccc(C(N)=O)c(Nc3ccc(C(=O)N4CCCC(NC(=O)CCOCCOCCOCCOCCNC(=O)CCCCC5SCC6NC(=O)C(=N)C65)C4)cc3)c2)CC1. The second kappa shape index (κ2) is 27.7. The molecular weight excluding hydrogens is 903 g/mol. The molecule has 0 radical (unpaired) electrons. The maximum absolute atomic E-state index is 13.5. The number of primary amides is 1. The van der Waals surface area contributed by atoms with Crippen LogP contribution in [0, 0.1) is 11.3 Å². The second-order valence-electron chi connectivity index (χ2n) is 17.8. The summed E-state index contributed by atoms with van der Waals surface area (Å²) in [5.74, 6) is -0.0334. The number of nitrogens with two attached hydrogens (primary N) is 1. The number of rotatable bonds is 28. The Kier molecular flexibility index (Phi) is 21.3. The molecule has 5 amide bonds. The molecular formula is C51H69N7O10S. The number of carbonyl (C=O) groups is 6. The summed E-state index contributed by atoms with van der Waals surface area (Å²) in [6.45, 7) is 7.99. The van der Waals surface area contributed by atoms with Crippen LogP contribution in [0.3, 0.4) is 0 Å². The first kappa shape index (κ1) is 53.0. The van der Waals surface area contributed by atoms with Crippen molar-refractivity contribution in [3.63, 3.8) is 0 Å². The van der Waals surface area contributed by atoms with E-state index in [1.54, 1.807) is 35.2 Å². The van der Waals surface area contributed by atoms with Gasteiger partial charge in [-0.25, -0.2) is 0 Å². The quantitative estimate of drug-likeness (QED) is 0.0490. The zero-order valence-electron chi connectivity index (χ0n) is 39.6. The van der Waals surface area contributed by atoms with Crippen LogP contribution >= 0.6 is 11.8 Å². The number of hydrogen-bond acceptors (Lipinski definition) is 13. The Morgan fingerprint density at radius 1 is 0.884 bits per heavy atom. The Balaban J connectivity index is 0.762. The highest BCUT2D eigenvalue weighted by molar-refractivity contribution is 8.00. The number of carbonyl (C=O) groups excluding carboxylic acids is 6. The minimum absolute atomic E-state index is 0.00241. The Morgan fingerprint density at radius 2 is 1.61 bits per heavy atom. The van der Waals surface area contributed by atoms with Gasteiger partial charge in [0.2, 0.25) is 11.8 Å². The number of unbranched alkanes of at least 4 members (excludes halogenated alkanes) is 1. The molecule has 0 spiro atoms. The van der Waals surface area contributed by atoms with E-state index in [0.717, 1.165) is 68.3 Å². The van der Waals surface area contributed by atoms with Gasteiger partial charge in [-0.15, -0.1) is 0 Å². The van der Waals surface area contributed by atoms with Gasteiger partial charge in [0.05, 0.1) is 64.1 Å². The van der Waals surface area contributed by atoms with Crippen molar-refractivity contribution in [3.05, 3.63) is 83.5 Å². The van der Waals surface area contributed by atoms with Gasteiger partial charge in [0, 0.05) is 72.7 Å². The maximum atomic E-state index is 13.5. The number of amides is 5. The number of anilines is 2. The molecule has 0 bridgehead atoms. The van der Waals surface area contributed by atoms with Crippen LogP contribution in [0.15, 0.2) is 66.8 Å². The first-order chi connectivity index (χ1) is 33.5. The summed E-state index contributed by atoms with van der Waals surface area (Å²) in [4.78, 5) is 76.5. The van der Waals surface area contributed by atoms with E-state index < -0.39 is 5.91 Å². The highest BCUT2D eigenvalue weighted by Crippen LogP contribution is 2.39. The van der Waals surface area contributed by atoms with Crippen molar-refractivity contribution in [2.24, 2.45) is 11.7 Å². The van der Waals surface area contributed by atoms with Gasteiger partial charge in [0.1, 0.15) is 5.71 Å². The summed E-state index contributed by atoms with van der Waals surface area (Å²) < 4.78 is 22.2. The molecule has 0 saturated carbocycles. The van der Waals surface area contributed by atoms with Gasteiger partial charge in [-0.3, -0.25) is 34.2 Å². The molecule has 1 aliphatic carbocycles. The van der Waals surface area contributed by atoms with Crippen LogP contribution in [-0.2, 0) is 38.1 Å². The highest BCUT2D eigenvalue weighted by atomic mass is 32.2. The van der Waals surface area contributed by atoms with Gasteiger partial charge in [-0.05, 0) is 111 Å². The lowest BCUT2D eigenvalue weighted by Gasteiger charge is -2.33. The van der Waals surface area contributed by atoms with Crippen LogP contribution in [0.1, 0.15) is 103 Å². The molecule has 69 heavy (non-hydrogen) atoms. The summed E-state index contributed by atoms with van der Waals surface area (Å²) in [6, 6.07) is 12.6. The Bertz CT molecular complexity index is 2150. The molecule has 2 aromatic carbocycles. The average molecular weight is 972 g/mol. The first-order valence-corrected chi connectivity index (χ1v) is 25.4. The number of allylic oxidation sites excluding steroid dienone is 3. The van der Waals surface area contributed by atoms with E-state index >= 15 is 0 Å². The second-order valence-corrected chi connectivity index (χ2v) is 19.1. The molecule has 4 aliphatic rings. The third-order valence-electron chi connectivity index (χ3n) is 13.0. The molecule has 18 heteroatoms. The molecule has 5 unspecified atom stereocenters. The monoisotopic (exact) mass is 971 g/mol. The van der Waals surface area contributed by atoms with E-state index in [0.29, 0.717) is 101 Å². The molecule has 2 aromatic rings. The number of ether oxygens (including phenoxy) is 4. The van der Waals surface area contributed by atoms with Crippen LogP contribution in [0.25, 0.3) is 0 Å². The van der Waals surface area contributed by atoms with Crippen LogP contribution in [0.4, 0.5) is 11.4 Å². The minimum atomic E-state index is -0.554. The van der Waals surface area contributed by atoms with Gasteiger partial charge in [0.15, 0.2) is 5.78 Å². The van der Waals surface area contributed by atoms with Crippen molar-refractivity contribution in [3.8, 4) is 0 Å². The van der Waals surface area contributed by atoms with E-state index in [4.69, 9.17) is 30.1 Å². The fraction of sp³-hybridized carbons (Fsp3) is 0.549. The number of ketones is 1. The van der Waals surface area contributed by atoms with Crippen molar-refractivity contribution in [1.29, 1.82) is 5.41 Å². The number of piperidine rings is 1. The van der Waals surface area contributed by atoms with Gasteiger partial charge in [-0.1, -0.05) is 25.1 Å². The fourth-order valence-electron chi connectivity index (χ4n) is 9.25. The predicted molar refractivity (Wildman–Crippen MR) is 265 cm³/mol. The number of nitrogens with one attached hydrogen (secondary N) is 5. The Morgan fingerprint density at radius 3 is 2.33 bits per heavy atom. The largest absolute Gasteiger partial charge is 0.379 e. The lowest BCUT2D eigenvalue weighted by molar-refractivity contribution is -0.123. The van der Waals surface area contributed by atoms with Crippen LogP contribution in [-0.4, -0.2) is 142 Å². The molecule has 17 nitrogen and oxygen atoms in total. The van der Waals surface area contributed by atoms with Gasteiger partial charge in [-0.2, -0.15) is 11.8 Å². The Labute approximate surface area is 409 Å². The summed E-state index contributed by atoms with van der Waals surface area (Å²) in [5.41, 5.74) is 9.93. The van der Waals surface area contributed by atoms with Crippen LogP contribution in [0.2, 0.25) is 0 Å². The highest BCUT2D eigenvalue weighted by Gasteiger charge is 2.47. The van der Waals surface area contributed by atoms with E-state index in [-0.39, 0.29) is 77.3 Å². The van der Waals surface area contributed by atoms with Crippen LogP contribution < -0.4 is 27.0 Å². The third kappa shape index (κ3) is 16.3. The molecule has 0 aromatic heterocycles. The minimum Gasteiger partial charge on any atom is -0.379 e. The van der Waals surface area contributed by atoms with E-state index in [2.05, 4.69) is 27.8 Å². The molecule has 3 fully saturated rings. The molecule has 6 rings (SSSR count). The zero-order chi connectivity index (χ0) is 49.0. The lowest BCUT2D eigenvalue weighted by Crippen LogP contribution is -2.49. The van der Waals surface area contributed by atoms with Gasteiger partial charge < -0.3 is 50.8 Å². The fourth-order valence-corrected chi connectivity index (χ4v) is 10.9. The van der Waals surface area contributed by atoms with Crippen molar-refractivity contribution < 1.29 is 47.7 Å². The molecule has 3 heterocycles. The zero-order valence-corrected chi connectivity index (χ0v) is 40.4. The van der Waals surface area contributed by atoms with Gasteiger partial charge >= 0.3 is 0 Å². The topological polar surface area (TPSA) is 241 Å². The van der Waals surface area contributed by atoms with E-state index in [9.17, 15) is 28.8 Å². The number of hydrogen-bond donors (Lipinski definition) is 6. The van der Waals surface area contributed by atoms with Crippen molar-refractivity contribution in [2.45, 2.75) is 93.9 Å². The maximum Gasteiger partial charge on any atom is 0.265 e. The molecule has 3 aliphatic heterocycles. The van der Waals surface area contributed by atoms with Gasteiger partial charge in [0.25, 0.3) is 17.7 Å². The average Bonchev–Trinajstić information content (AvgIpc) is 3.75. The summed E-state index contributed by atoms with van der Waals surface area (Å²) >= 11 is 1.81.